The third-order valence-corrected chi connectivity index (χ3v) is 20.5. The maximum atomic E-state index is 11.5. The highest BCUT2D eigenvalue weighted by Crippen LogP contribution is 2.61. The Labute approximate surface area is 546 Å². The summed E-state index contributed by atoms with van der Waals surface area (Å²) in [5, 5.41) is 29.8. The Morgan fingerprint density at radius 2 is 1.00 bits per heavy atom. The van der Waals surface area contributed by atoms with Crippen LogP contribution in [0.25, 0.3) is 0 Å². The average Bonchev–Trinajstić information content (AvgIpc) is 1.56. The van der Waals surface area contributed by atoms with Crippen LogP contribution in [0.5, 0.6) is 0 Å². The molecule has 8 heterocycles. The molecule has 0 amide bonds. The molecule has 91 heavy (non-hydrogen) atoms. The monoisotopic (exact) mass is 1290 g/mol. The molecule has 0 aromatic rings. The highest BCUT2D eigenvalue weighted by atomic mass is 16.6. The highest BCUT2D eigenvalue weighted by Gasteiger charge is 2.64. The topological polar surface area (TPSA) is 271 Å². The van der Waals surface area contributed by atoms with Crippen LogP contribution in [-0.2, 0) is 76.3 Å². The van der Waals surface area contributed by atoms with Crippen molar-refractivity contribution in [2.45, 2.75) is 261 Å². The molecular weight excluding hydrogens is 1170 g/mol. The van der Waals surface area contributed by atoms with Gasteiger partial charge in [-0.05, 0) is 63.1 Å². The number of cyclic esters (lactones) is 7. The molecular formula is C72H124O19. The SMILES string of the molecule is CC(C)(C)C1(O)CCOC(=O)C1.CC(C)(C)C1(O)CCOC1=O.CC(C)(C)C1(O)COC(=O)C1.CC(C)(C)C1C(=O)OCC1(C)C.CC(C)(C)C1C2CC3C(=O)OC1C3C2.CC(C)(C)C1CCOC1=O.CC(C)(C)C1COC(=O)C1.CC1COC(=O)C1C(C)(C)C. The number of ether oxygens (including phenoxy) is 8. The number of carbonyl (C=O) groups excluding carboxylic acids is 8. The molecule has 10 fully saturated rings. The molecule has 0 spiro atoms. The van der Waals surface area contributed by atoms with Gasteiger partial charge in [0.2, 0.25) is 0 Å². The van der Waals surface area contributed by atoms with E-state index in [0.717, 1.165) is 18.8 Å². The molecule has 2 bridgehead atoms. The van der Waals surface area contributed by atoms with Crippen LogP contribution in [0.1, 0.15) is 238 Å². The van der Waals surface area contributed by atoms with Crippen LogP contribution < -0.4 is 0 Å². The standard InChI is InChI=1S/C12H18O2.C10H18O2.C9H16O3.C9H16O2.2C8H14O3.2C8H14O2/c1-12(2,3)9-6-4-7-8(5-6)11(13)14-10(7)9;1-9(2,3)7-8(11)12-6-10(7,4)5;1-8(2,3)9(11)4-5-12-7(10)6-9;1-6-5-11-8(10)7(6)9(2,3)4;1-7(2,3)8(10)4-6(9)11-5-8;1-7(2,3)8(10)4-5-11-6(8)9;1-8(2,3)6-4-7(9)10-5-6;1-8(2,3)6-4-5-10-7(6)9/h6-10H,4-5H2,1-3H3;7H,6H2,1-5H3;11H,4-6H2,1-3H3;6-7H,5H2,1-4H3;2*10H,4-5H2,1-3H3;2*6H,4-5H2,1-3H3. The Kier molecular flexibility index (Phi) is 26.1. The summed E-state index contributed by atoms with van der Waals surface area (Å²) in [5.74, 6) is 2.12. The van der Waals surface area contributed by atoms with E-state index in [1.54, 1.807) is 0 Å². The highest BCUT2D eigenvalue weighted by molar-refractivity contribution is 5.82. The lowest BCUT2D eigenvalue weighted by molar-refractivity contribution is -0.171. The Bertz CT molecular complexity index is 2530. The van der Waals surface area contributed by atoms with Crippen LogP contribution in [0.3, 0.4) is 0 Å². The lowest BCUT2D eigenvalue weighted by atomic mass is 9.67. The summed E-state index contributed by atoms with van der Waals surface area (Å²) in [4.78, 5) is 88.6. The third kappa shape index (κ3) is 21.1. The first-order chi connectivity index (χ1) is 40.8. The molecule has 8 saturated heterocycles. The molecule has 526 valence electrons. The van der Waals surface area contributed by atoms with Crippen LogP contribution in [0, 0.1) is 102 Å². The fourth-order valence-corrected chi connectivity index (χ4v) is 14.2. The van der Waals surface area contributed by atoms with Gasteiger partial charge in [-0.25, -0.2) is 4.79 Å². The first-order valence-corrected chi connectivity index (χ1v) is 33.3. The fourth-order valence-electron chi connectivity index (χ4n) is 14.2. The summed E-state index contributed by atoms with van der Waals surface area (Å²) in [5.41, 5.74) is -3.47. The minimum Gasteiger partial charge on any atom is -0.465 e. The normalized spacial score (nSPS) is 33.2. The quantitative estimate of drug-likeness (QED) is 0.150. The van der Waals surface area contributed by atoms with Crippen molar-refractivity contribution >= 4 is 47.8 Å². The van der Waals surface area contributed by atoms with Crippen LogP contribution in [0.2, 0.25) is 0 Å². The summed E-state index contributed by atoms with van der Waals surface area (Å²) in [7, 11) is 0. The number of hydrogen-bond donors (Lipinski definition) is 3. The summed E-state index contributed by atoms with van der Waals surface area (Å²) in [6.07, 6.45) is 5.28. The summed E-state index contributed by atoms with van der Waals surface area (Å²) in [6, 6.07) is 0. The van der Waals surface area contributed by atoms with E-state index in [1.807, 2.05) is 62.3 Å². The van der Waals surface area contributed by atoms with Gasteiger partial charge >= 0.3 is 47.8 Å². The summed E-state index contributed by atoms with van der Waals surface area (Å²) >= 11 is 0. The van der Waals surface area contributed by atoms with Crippen molar-refractivity contribution in [2.75, 3.05) is 46.2 Å². The third-order valence-electron chi connectivity index (χ3n) is 20.5. The first-order valence-electron chi connectivity index (χ1n) is 33.3. The van der Waals surface area contributed by atoms with Gasteiger partial charge in [0.15, 0.2) is 5.60 Å². The number of fused-ring (bicyclic) bond motifs is 1. The summed E-state index contributed by atoms with van der Waals surface area (Å²) < 4.78 is 39.5. The maximum absolute atomic E-state index is 11.5. The first kappa shape index (κ1) is 80.9. The number of rotatable bonds is 0. The lowest BCUT2D eigenvalue weighted by Gasteiger charge is -2.41. The van der Waals surface area contributed by atoms with E-state index in [0.29, 0.717) is 88.0 Å². The molecule has 0 aromatic carbocycles. The van der Waals surface area contributed by atoms with Gasteiger partial charge in [-0.15, -0.1) is 0 Å². The minimum atomic E-state index is -1.27. The van der Waals surface area contributed by atoms with Crippen molar-refractivity contribution in [1.82, 2.24) is 0 Å². The molecule has 13 atom stereocenters. The molecule has 13 unspecified atom stereocenters. The second-order valence-electron chi connectivity index (χ2n) is 36.5. The van der Waals surface area contributed by atoms with Crippen molar-refractivity contribution in [2.24, 2.45) is 102 Å². The maximum Gasteiger partial charge on any atom is 0.338 e. The summed E-state index contributed by atoms with van der Waals surface area (Å²) in [6.45, 7) is 58.4. The van der Waals surface area contributed by atoms with E-state index in [1.165, 1.54) is 6.42 Å². The molecule has 0 radical (unpaired) electrons. The molecule has 3 N–H and O–H groups in total. The predicted octanol–water partition coefficient (Wildman–Crippen LogP) is 12.0. The van der Waals surface area contributed by atoms with Gasteiger partial charge in [0, 0.05) is 47.3 Å². The average molecular weight is 1290 g/mol. The van der Waals surface area contributed by atoms with Gasteiger partial charge in [0.25, 0.3) is 0 Å². The Hall–Kier alpha value is -4.36. The lowest BCUT2D eigenvalue weighted by Crippen LogP contribution is -2.48. The van der Waals surface area contributed by atoms with E-state index in [-0.39, 0.29) is 129 Å². The molecule has 19 heteroatoms. The number of esters is 8. The Morgan fingerprint density at radius 3 is 1.27 bits per heavy atom. The van der Waals surface area contributed by atoms with Crippen molar-refractivity contribution in [3.8, 4) is 0 Å². The molecule has 0 aromatic heterocycles. The molecule has 10 rings (SSSR count). The van der Waals surface area contributed by atoms with Crippen LogP contribution in [0.4, 0.5) is 0 Å². The van der Waals surface area contributed by atoms with Gasteiger partial charge in [-0.2, -0.15) is 0 Å². The molecule has 10 aliphatic rings. The molecule has 19 nitrogen and oxygen atoms in total. The molecule has 8 aliphatic heterocycles. The van der Waals surface area contributed by atoms with Gasteiger partial charge < -0.3 is 53.2 Å². The van der Waals surface area contributed by atoms with Gasteiger partial charge in [-0.3, -0.25) is 33.6 Å². The Balaban J connectivity index is 0.000000272. The van der Waals surface area contributed by atoms with E-state index in [9.17, 15) is 53.7 Å². The van der Waals surface area contributed by atoms with Gasteiger partial charge in [0.05, 0.1) is 88.2 Å². The number of carbonyl (C=O) groups is 8. The fraction of sp³-hybridized carbons (Fsp3) is 0.889. The second kappa shape index (κ2) is 29.3. The Morgan fingerprint density at radius 1 is 0.462 bits per heavy atom. The van der Waals surface area contributed by atoms with E-state index < -0.39 is 28.2 Å². The zero-order chi connectivity index (χ0) is 70.7. The van der Waals surface area contributed by atoms with Gasteiger partial charge in [0.1, 0.15) is 18.3 Å². The van der Waals surface area contributed by atoms with Crippen LogP contribution >= 0.6 is 0 Å². The number of hydrogen-bond acceptors (Lipinski definition) is 19. The zero-order valence-corrected chi connectivity index (χ0v) is 61.3. The van der Waals surface area contributed by atoms with Crippen molar-refractivity contribution < 1.29 is 91.6 Å². The van der Waals surface area contributed by atoms with Gasteiger partial charge in [-0.1, -0.05) is 187 Å². The molecule has 2 saturated carbocycles. The van der Waals surface area contributed by atoms with E-state index >= 15 is 0 Å². The predicted molar refractivity (Wildman–Crippen MR) is 345 cm³/mol. The van der Waals surface area contributed by atoms with E-state index in [2.05, 4.69) is 125 Å². The largest absolute Gasteiger partial charge is 0.465 e. The van der Waals surface area contributed by atoms with Crippen molar-refractivity contribution in [3.63, 3.8) is 0 Å². The van der Waals surface area contributed by atoms with Crippen molar-refractivity contribution in [3.05, 3.63) is 0 Å². The number of aliphatic hydroxyl groups is 3. The van der Waals surface area contributed by atoms with Crippen LogP contribution in [-0.4, -0.2) is 132 Å². The van der Waals surface area contributed by atoms with Crippen LogP contribution in [0.15, 0.2) is 0 Å². The van der Waals surface area contributed by atoms with E-state index in [4.69, 9.17) is 37.9 Å². The zero-order valence-electron chi connectivity index (χ0n) is 61.3. The van der Waals surface area contributed by atoms with Crippen molar-refractivity contribution in [1.29, 1.82) is 0 Å². The minimum absolute atomic E-state index is 0.00463. The smallest absolute Gasteiger partial charge is 0.338 e. The molecule has 2 aliphatic carbocycles. The second-order valence-corrected chi connectivity index (χ2v) is 36.5.